The minimum Gasteiger partial charge on any atom is -0.493 e. The van der Waals surface area contributed by atoms with E-state index in [-0.39, 0.29) is 35.2 Å². The van der Waals surface area contributed by atoms with Crippen LogP contribution >= 0.6 is 11.3 Å². The van der Waals surface area contributed by atoms with E-state index in [2.05, 4.69) is 14.8 Å². The Morgan fingerprint density at radius 2 is 2.11 bits per heavy atom. The highest BCUT2D eigenvalue weighted by atomic mass is 32.2. The maximum Gasteiger partial charge on any atom is 0.355 e. The van der Waals surface area contributed by atoms with Gasteiger partial charge in [0.25, 0.3) is 0 Å². The van der Waals surface area contributed by atoms with Gasteiger partial charge in [0.1, 0.15) is 5.82 Å². The van der Waals surface area contributed by atoms with Crippen molar-refractivity contribution < 1.29 is 27.8 Å². The van der Waals surface area contributed by atoms with Crippen molar-refractivity contribution in [3.63, 3.8) is 0 Å². The van der Waals surface area contributed by atoms with E-state index in [4.69, 9.17) is 5.11 Å². The number of aromatic nitrogens is 3. The molecule has 9 nitrogen and oxygen atoms in total. The van der Waals surface area contributed by atoms with E-state index in [1.54, 1.807) is 0 Å². The van der Waals surface area contributed by atoms with Gasteiger partial charge in [-0.05, 0) is 30.2 Å². The van der Waals surface area contributed by atoms with Crippen LogP contribution in [0.15, 0.2) is 29.6 Å². The van der Waals surface area contributed by atoms with Crippen molar-refractivity contribution in [1.29, 1.82) is 0 Å². The molecule has 0 aliphatic rings. The van der Waals surface area contributed by atoms with Gasteiger partial charge in [-0.1, -0.05) is 0 Å². The Bertz CT molecular complexity index is 1140. The fourth-order valence-electron chi connectivity index (χ4n) is 2.41. The van der Waals surface area contributed by atoms with Crippen LogP contribution in [0.3, 0.4) is 0 Å². The number of benzene rings is 1. The standard InChI is InChI=1S/C16H15FN4O5S2/c1-28(25,26)18-5-4-9-6-10(2-3-11(9)17)12-7-14(22)21(20-12)16-19-13(8-27-16)15(23)24/h2-3,6-8,18,22H,4-5H2,1H3,(H,23,24). The molecule has 0 aliphatic heterocycles. The lowest BCUT2D eigenvalue weighted by Gasteiger charge is -2.06. The molecule has 3 rings (SSSR count). The fourth-order valence-corrected chi connectivity index (χ4v) is 3.64. The van der Waals surface area contributed by atoms with Crippen LogP contribution in [0.25, 0.3) is 16.4 Å². The Labute approximate surface area is 163 Å². The molecule has 2 aromatic heterocycles. The molecule has 0 aliphatic carbocycles. The fraction of sp³-hybridized carbons (Fsp3) is 0.188. The summed E-state index contributed by atoms with van der Waals surface area (Å²) in [6.07, 6.45) is 1.15. The molecule has 0 amide bonds. The molecule has 0 bridgehead atoms. The molecule has 1 aromatic carbocycles. The molecule has 0 spiro atoms. The number of carboxylic acid groups (broad SMARTS) is 1. The first-order valence-electron chi connectivity index (χ1n) is 7.86. The van der Waals surface area contributed by atoms with Crippen molar-refractivity contribution in [3.05, 3.63) is 46.7 Å². The highest BCUT2D eigenvalue weighted by Gasteiger charge is 2.16. The number of sulfonamides is 1. The number of nitrogens with one attached hydrogen (secondary N) is 1. The highest BCUT2D eigenvalue weighted by Crippen LogP contribution is 2.28. The molecule has 0 unspecified atom stereocenters. The molecule has 3 N–H and O–H groups in total. The summed E-state index contributed by atoms with van der Waals surface area (Å²) in [5.74, 6) is -1.94. The quantitative estimate of drug-likeness (QED) is 0.523. The van der Waals surface area contributed by atoms with E-state index >= 15 is 0 Å². The lowest BCUT2D eigenvalue weighted by atomic mass is 10.1. The molecule has 0 saturated carbocycles. The molecule has 0 radical (unpaired) electrons. The Hall–Kier alpha value is -2.83. The van der Waals surface area contributed by atoms with Gasteiger partial charge in [0.2, 0.25) is 21.0 Å². The summed E-state index contributed by atoms with van der Waals surface area (Å²) in [7, 11) is -3.38. The maximum atomic E-state index is 14.0. The first kappa shape index (κ1) is 19.9. The van der Waals surface area contributed by atoms with E-state index in [0.717, 1.165) is 22.3 Å². The molecule has 28 heavy (non-hydrogen) atoms. The van der Waals surface area contributed by atoms with E-state index in [9.17, 15) is 22.7 Å². The average Bonchev–Trinajstić information content (AvgIpc) is 3.22. The molecule has 0 saturated heterocycles. The number of hydrogen-bond donors (Lipinski definition) is 3. The van der Waals surface area contributed by atoms with E-state index in [1.165, 1.54) is 29.6 Å². The zero-order valence-electron chi connectivity index (χ0n) is 14.5. The SMILES string of the molecule is CS(=O)(=O)NCCc1cc(-c2cc(O)n(-c3nc(C(=O)O)cs3)n2)ccc1F. The summed E-state index contributed by atoms with van der Waals surface area (Å²) >= 11 is 0.996. The zero-order chi connectivity index (χ0) is 20.5. The number of rotatable bonds is 7. The Balaban J connectivity index is 1.87. The summed E-state index contributed by atoms with van der Waals surface area (Å²) in [5, 5.41) is 24.8. The Morgan fingerprint density at radius 3 is 2.75 bits per heavy atom. The minimum absolute atomic E-state index is 0.0377. The molecule has 148 valence electrons. The topological polar surface area (TPSA) is 134 Å². The summed E-state index contributed by atoms with van der Waals surface area (Å²) in [6.45, 7) is 0.0377. The molecule has 3 aromatic rings. The van der Waals surface area contributed by atoms with Crippen molar-refractivity contribution in [2.24, 2.45) is 0 Å². The first-order valence-corrected chi connectivity index (χ1v) is 10.6. The molecular formula is C16H15FN4O5S2. The average molecular weight is 426 g/mol. The van der Waals surface area contributed by atoms with Crippen LogP contribution in [0.2, 0.25) is 0 Å². The summed E-state index contributed by atoms with van der Waals surface area (Å²) < 4.78 is 39.6. The second-order valence-corrected chi connectivity index (χ2v) is 8.51. The van der Waals surface area contributed by atoms with Crippen molar-refractivity contribution in [1.82, 2.24) is 19.5 Å². The van der Waals surface area contributed by atoms with Crippen LogP contribution < -0.4 is 4.72 Å². The third-order valence-electron chi connectivity index (χ3n) is 3.68. The van der Waals surface area contributed by atoms with Crippen molar-refractivity contribution in [2.75, 3.05) is 12.8 Å². The predicted molar refractivity (Wildman–Crippen MR) is 99.8 cm³/mol. The molecule has 0 fully saturated rings. The van der Waals surface area contributed by atoms with Gasteiger partial charge in [-0.2, -0.15) is 9.78 Å². The van der Waals surface area contributed by atoms with Gasteiger partial charge >= 0.3 is 5.97 Å². The van der Waals surface area contributed by atoms with Crippen LogP contribution in [0.4, 0.5) is 4.39 Å². The third-order valence-corrected chi connectivity index (χ3v) is 5.23. The summed E-state index contributed by atoms with van der Waals surface area (Å²) in [6, 6.07) is 5.55. The van der Waals surface area contributed by atoms with Gasteiger partial charge in [0.05, 0.1) is 11.9 Å². The van der Waals surface area contributed by atoms with Gasteiger partial charge in [-0.15, -0.1) is 11.3 Å². The zero-order valence-corrected chi connectivity index (χ0v) is 16.1. The van der Waals surface area contributed by atoms with E-state index < -0.39 is 21.8 Å². The number of nitrogens with zero attached hydrogens (tertiary/aromatic N) is 3. The Kier molecular flexibility index (Phi) is 5.45. The van der Waals surface area contributed by atoms with Crippen LogP contribution in [0, 0.1) is 5.82 Å². The normalized spacial score (nSPS) is 11.6. The first-order chi connectivity index (χ1) is 13.1. The molecule has 12 heteroatoms. The van der Waals surface area contributed by atoms with Gasteiger partial charge in [0.15, 0.2) is 5.69 Å². The van der Waals surface area contributed by atoms with Crippen molar-refractivity contribution in [2.45, 2.75) is 6.42 Å². The van der Waals surface area contributed by atoms with Gasteiger partial charge < -0.3 is 10.2 Å². The molecular weight excluding hydrogens is 411 g/mol. The summed E-state index contributed by atoms with van der Waals surface area (Å²) in [5.41, 5.74) is 0.936. The third kappa shape index (κ3) is 4.52. The number of carboxylic acids is 1. The second kappa shape index (κ2) is 7.66. The number of aromatic carboxylic acids is 1. The van der Waals surface area contributed by atoms with E-state index in [0.29, 0.717) is 11.3 Å². The second-order valence-electron chi connectivity index (χ2n) is 5.84. The smallest absolute Gasteiger partial charge is 0.355 e. The van der Waals surface area contributed by atoms with Crippen LogP contribution in [0.1, 0.15) is 16.1 Å². The van der Waals surface area contributed by atoms with Crippen molar-refractivity contribution in [3.8, 4) is 22.3 Å². The number of halogens is 1. The lowest BCUT2D eigenvalue weighted by molar-refractivity contribution is 0.0691. The monoisotopic (exact) mass is 426 g/mol. The van der Waals surface area contributed by atoms with Crippen LogP contribution in [-0.2, 0) is 16.4 Å². The molecule has 2 heterocycles. The van der Waals surface area contributed by atoms with E-state index in [1.807, 2.05) is 0 Å². The number of hydrogen-bond acceptors (Lipinski definition) is 7. The van der Waals surface area contributed by atoms with Gasteiger partial charge in [-0.25, -0.2) is 27.3 Å². The van der Waals surface area contributed by atoms with Crippen molar-refractivity contribution >= 4 is 27.3 Å². The van der Waals surface area contributed by atoms with Crippen LogP contribution in [-0.4, -0.2) is 52.2 Å². The number of thiazole rings is 1. The largest absolute Gasteiger partial charge is 0.493 e. The Morgan fingerprint density at radius 1 is 1.36 bits per heavy atom. The highest BCUT2D eigenvalue weighted by molar-refractivity contribution is 7.88. The lowest BCUT2D eigenvalue weighted by Crippen LogP contribution is -2.24. The summed E-state index contributed by atoms with van der Waals surface area (Å²) in [4.78, 5) is 14.8. The number of aromatic hydroxyl groups is 1. The number of carbonyl (C=O) groups is 1. The van der Waals surface area contributed by atoms with Crippen LogP contribution in [0.5, 0.6) is 5.88 Å². The van der Waals surface area contributed by atoms with Gasteiger partial charge in [0, 0.05) is 23.6 Å². The van der Waals surface area contributed by atoms with Gasteiger partial charge in [-0.3, -0.25) is 0 Å². The maximum absolute atomic E-state index is 14.0. The minimum atomic E-state index is -3.38. The predicted octanol–water partition coefficient (Wildman–Crippen LogP) is 1.63. The molecule has 0 atom stereocenters.